The van der Waals surface area contributed by atoms with E-state index in [0.717, 1.165) is 19.6 Å². The second kappa shape index (κ2) is 8.55. The Labute approximate surface area is 121 Å². The van der Waals surface area contributed by atoms with E-state index >= 15 is 0 Å². The summed E-state index contributed by atoms with van der Waals surface area (Å²) < 4.78 is 5.14. The Kier molecular flexibility index (Phi) is 7.04. The molecule has 0 aliphatic rings. The van der Waals surface area contributed by atoms with E-state index in [9.17, 15) is 0 Å². The number of rotatable bonds is 8. The highest BCUT2D eigenvalue weighted by atomic mass is 16.5. The zero-order valence-electron chi connectivity index (χ0n) is 12.6. The summed E-state index contributed by atoms with van der Waals surface area (Å²) in [5.41, 5.74) is 9.34. The molecular weight excluding hydrogens is 254 g/mol. The predicted octanol–water partition coefficient (Wildman–Crippen LogP) is 1.89. The van der Waals surface area contributed by atoms with Crippen LogP contribution in [0.15, 0.2) is 23.4 Å². The first-order chi connectivity index (χ1) is 9.55. The predicted molar refractivity (Wildman–Crippen MR) is 81.1 cm³/mol. The number of ether oxygens (including phenoxy) is 1. The van der Waals surface area contributed by atoms with Crippen LogP contribution in [-0.4, -0.2) is 42.7 Å². The molecule has 0 unspecified atom stereocenters. The van der Waals surface area contributed by atoms with Gasteiger partial charge in [0.25, 0.3) is 0 Å². The average molecular weight is 279 g/mol. The van der Waals surface area contributed by atoms with Gasteiger partial charge in [-0.15, -0.1) is 0 Å². The molecule has 0 aliphatic heterocycles. The van der Waals surface area contributed by atoms with Gasteiger partial charge in [0, 0.05) is 33.2 Å². The number of benzene rings is 1. The van der Waals surface area contributed by atoms with E-state index in [2.05, 4.69) is 42.1 Å². The first-order valence-corrected chi connectivity index (χ1v) is 6.80. The van der Waals surface area contributed by atoms with Crippen LogP contribution in [0.2, 0.25) is 0 Å². The smallest absolute Gasteiger partial charge is 0.140 e. The van der Waals surface area contributed by atoms with Crippen molar-refractivity contribution in [3.63, 3.8) is 0 Å². The highest BCUT2D eigenvalue weighted by Gasteiger charge is 2.08. The number of hydrogen-bond donors (Lipinski definition) is 2. The van der Waals surface area contributed by atoms with Crippen LogP contribution < -0.4 is 5.73 Å². The molecule has 0 spiro atoms. The van der Waals surface area contributed by atoms with Crippen LogP contribution >= 0.6 is 0 Å². The van der Waals surface area contributed by atoms with Crippen LogP contribution in [-0.2, 0) is 11.3 Å². The highest BCUT2D eigenvalue weighted by molar-refractivity contribution is 5.79. The van der Waals surface area contributed by atoms with Gasteiger partial charge >= 0.3 is 0 Å². The van der Waals surface area contributed by atoms with Gasteiger partial charge in [0.15, 0.2) is 0 Å². The van der Waals surface area contributed by atoms with E-state index in [4.69, 9.17) is 15.7 Å². The molecule has 1 aromatic rings. The molecule has 1 aromatic carbocycles. The molecule has 112 valence electrons. The van der Waals surface area contributed by atoms with E-state index in [-0.39, 0.29) is 5.84 Å². The Morgan fingerprint density at radius 3 is 2.45 bits per heavy atom. The van der Waals surface area contributed by atoms with Crippen LogP contribution in [0, 0.1) is 13.8 Å². The van der Waals surface area contributed by atoms with Gasteiger partial charge in [-0.3, -0.25) is 4.90 Å². The van der Waals surface area contributed by atoms with Crippen molar-refractivity contribution >= 4 is 5.84 Å². The van der Waals surface area contributed by atoms with Gasteiger partial charge in [-0.2, -0.15) is 0 Å². The molecule has 0 saturated heterocycles. The maximum absolute atomic E-state index is 8.61. The van der Waals surface area contributed by atoms with Crippen molar-refractivity contribution in [1.82, 2.24) is 4.90 Å². The number of amidine groups is 1. The molecule has 0 radical (unpaired) electrons. The Morgan fingerprint density at radius 1 is 1.25 bits per heavy atom. The second-order valence-corrected chi connectivity index (χ2v) is 5.11. The Morgan fingerprint density at radius 2 is 1.90 bits per heavy atom. The van der Waals surface area contributed by atoms with Gasteiger partial charge in [-0.25, -0.2) is 0 Å². The van der Waals surface area contributed by atoms with Crippen LogP contribution in [0.3, 0.4) is 0 Å². The van der Waals surface area contributed by atoms with Crippen LogP contribution in [0.5, 0.6) is 0 Å². The normalized spacial score (nSPS) is 12.1. The minimum atomic E-state index is 0.257. The molecule has 0 heterocycles. The molecule has 3 N–H and O–H groups in total. The molecule has 0 saturated carbocycles. The average Bonchev–Trinajstić information content (AvgIpc) is 2.40. The van der Waals surface area contributed by atoms with Crippen LogP contribution in [0.1, 0.15) is 23.1 Å². The zero-order valence-corrected chi connectivity index (χ0v) is 12.6. The first-order valence-electron chi connectivity index (χ1n) is 6.80. The molecule has 20 heavy (non-hydrogen) atoms. The molecule has 0 aromatic heterocycles. The number of aryl methyl sites for hydroxylation is 2. The van der Waals surface area contributed by atoms with Gasteiger partial charge in [-0.1, -0.05) is 34.5 Å². The van der Waals surface area contributed by atoms with Gasteiger partial charge in [-0.05, 0) is 19.4 Å². The SMILES string of the molecule is COCCN(CCC(N)=NO)Cc1cc(C)cc(C)c1. The molecular formula is C15H25N3O2. The molecule has 0 aliphatic carbocycles. The number of nitrogens with two attached hydrogens (primary N) is 1. The largest absolute Gasteiger partial charge is 0.409 e. The topological polar surface area (TPSA) is 71.1 Å². The van der Waals surface area contributed by atoms with Crippen molar-refractivity contribution in [1.29, 1.82) is 0 Å². The van der Waals surface area contributed by atoms with E-state index in [1.54, 1.807) is 7.11 Å². The number of hydrogen-bond acceptors (Lipinski definition) is 4. The monoisotopic (exact) mass is 279 g/mol. The number of oxime groups is 1. The van der Waals surface area contributed by atoms with Crippen LogP contribution in [0.25, 0.3) is 0 Å². The fourth-order valence-electron chi connectivity index (χ4n) is 2.23. The lowest BCUT2D eigenvalue weighted by atomic mass is 10.1. The fourth-order valence-corrected chi connectivity index (χ4v) is 2.23. The van der Waals surface area contributed by atoms with E-state index < -0.39 is 0 Å². The van der Waals surface area contributed by atoms with Crippen molar-refractivity contribution in [3.05, 3.63) is 34.9 Å². The Bertz CT molecular complexity index is 426. The van der Waals surface area contributed by atoms with Crippen molar-refractivity contribution < 1.29 is 9.94 Å². The minimum absolute atomic E-state index is 0.257. The number of methoxy groups -OCH3 is 1. The summed E-state index contributed by atoms with van der Waals surface area (Å²) in [6.07, 6.45) is 0.547. The van der Waals surface area contributed by atoms with E-state index in [1.807, 2.05) is 0 Å². The van der Waals surface area contributed by atoms with Crippen molar-refractivity contribution in [3.8, 4) is 0 Å². The first kappa shape index (κ1) is 16.5. The van der Waals surface area contributed by atoms with Crippen molar-refractivity contribution in [2.75, 3.05) is 26.8 Å². The molecule has 0 fully saturated rings. The van der Waals surface area contributed by atoms with Crippen molar-refractivity contribution in [2.24, 2.45) is 10.9 Å². The fraction of sp³-hybridized carbons (Fsp3) is 0.533. The van der Waals surface area contributed by atoms with E-state index in [1.165, 1.54) is 16.7 Å². The second-order valence-electron chi connectivity index (χ2n) is 5.11. The maximum Gasteiger partial charge on any atom is 0.140 e. The Hall–Kier alpha value is -1.59. The lowest BCUT2D eigenvalue weighted by Gasteiger charge is -2.22. The summed E-state index contributed by atoms with van der Waals surface area (Å²) in [5.74, 6) is 0.257. The summed E-state index contributed by atoms with van der Waals surface area (Å²) in [6.45, 7) is 7.28. The molecule has 0 atom stereocenters. The summed E-state index contributed by atoms with van der Waals surface area (Å²) >= 11 is 0. The lowest BCUT2D eigenvalue weighted by Crippen LogP contribution is -2.31. The maximum atomic E-state index is 8.61. The van der Waals surface area contributed by atoms with Crippen LogP contribution in [0.4, 0.5) is 0 Å². The van der Waals surface area contributed by atoms with E-state index in [0.29, 0.717) is 13.0 Å². The third-order valence-corrected chi connectivity index (χ3v) is 3.11. The molecule has 0 amide bonds. The van der Waals surface area contributed by atoms with Gasteiger partial charge in [0.1, 0.15) is 5.84 Å². The molecule has 5 heteroatoms. The summed E-state index contributed by atoms with van der Waals surface area (Å²) in [7, 11) is 1.69. The van der Waals surface area contributed by atoms with Gasteiger partial charge in [0.05, 0.1) is 6.61 Å². The summed E-state index contributed by atoms with van der Waals surface area (Å²) in [5, 5.41) is 11.6. The molecule has 1 rings (SSSR count). The quantitative estimate of drug-likeness (QED) is 0.330. The molecule has 5 nitrogen and oxygen atoms in total. The Balaban J connectivity index is 2.67. The van der Waals surface area contributed by atoms with Crippen molar-refractivity contribution in [2.45, 2.75) is 26.8 Å². The van der Waals surface area contributed by atoms with Gasteiger partial charge < -0.3 is 15.7 Å². The third kappa shape index (κ3) is 6.04. The number of nitrogens with zero attached hydrogens (tertiary/aromatic N) is 2. The van der Waals surface area contributed by atoms with Gasteiger partial charge in [0.2, 0.25) is 0 Å². The third-order valence-electron chi connectivity index (χ3n) is 3.11. The highest BCUT2D eigenvalue weighted by Crippen LogP contribution is 2.11. The minimum Gasteiger partial charge on any atom is -0.409 e. The standard InChI is InChI=1S/C15H25N3O2/c1-12-8-13(2)10-14(9-12)11-18(6-7-20-3)5-4-15(16)17-19/h8-10,19H,4-7,11H2,1-3H3,(H2,16,17). The zero-order chi connectivity index (χ0) is 15.0. The summed E-state index contributed by atoms with van der Waals surface area (Å²) in [6, 6.07) is 6.55. The lowest BCUT2D eigenvalue weighted by molar-refractivity contribution is 0.145. The molecule has 0 bridgehead atoms. The summed E-state index contributed by atoms with van der Waals surface area (Å²) in [4.78, 5) is 2.25.